The first-order valence-electron chi connectivity index (χ1n) is 8.71. The van der Waals surface area contributed by atoms with Gasteiger partial charge >= 0.3 is 0 Å². The number of rotatable bonds is 6. The Morgan fingerprint density at radius 3 is 2.54 bits per heavy atom. The first-order chi connectivity index (χ1) is 13.3. The van der Waals surface area contributed by atoms with Crippen LogP contribution < -0.4 is 10.2 Å². The number of ether oxygens (including phenoxy) is 1. The van der Waals surface area contributed by atoms with E-state index in [1.807, 2.05) is 0 Å². The van der Waals surface area contributed by atoms with Gasteiger partial charge < -0.3 is 9.64 Å². The summed E-state index contributed by atoms with van der Waals surface area (Å²) in [5.41, 5.74) is 1.49. The Hall–Kier alpha value is -2.61. The first kappa shape index (κ1) is 21.7. The highest BCUT2D eigenvalue weighted by Gasteiger charge is 2.41. The molecule has 0 radical (unpaired) electrons. The van der Waals surface area contributed by atoms with Crippen LogP contribution in [0.15, 0.2) is 29.2 Å². The number of hydroxylamine groups is 1. The van der Waals surface area contributed by atoms with Crippen LogP contribution in [0, 0.1) is 11.8 Å². The molecule has 1 atom stereocenters. The third-order valence-corrected chi connectivity index (χ3v) is 6.24. The second-order valence-corrected chi connectivity index (χ2v) is 7.88. The molecule has 2 rings (SSSR count). The summed E-state index contributed by atoms with van der Waals surface area (Å²) in [7, 11) is -4.02. The lowest BCUT2D eigenvalue weighted by Gasteiger charge is -2.39. The summed E-state index contributed by atoms with van der Waals surface area (Å²) in [4.78, 5) is 25.4. The van der Waals surface area contributed by atoms with Crippen molar-refractivity contribution >= 4 is 21.8 Å². The van der Waals surface area contributed by atoms with Gasteiger partial charge in [0.15, 0.2) is 0 Å². The van der Waals surface area contributed by atoms with E-state index in [2.05, 4.69) is 11.8 Å². The molecule has 152 valence electrons. The first-order valence-corrected chi connectivity index (χ1v) is 10.1. The lowest BCUT2D eigenvalue weighted by molar-refractivity contribution is -0.139. The molecule has 10 heteroatoms. The van der Waals surface area contributed by atoms with Crippen LogP contribution in [0.2, 0.25) is 0 Å². The van der Waals surface area contributed by atoms with Gasteiger partial charge in [-0.05, 0) is 31.2 Å². The van der Waals surface area contributed by atoms with E-state index in [1.54, 1.807) is 13.8 Å². The zero-order chi connectivity index (χ0) is 20.7. The molecule has 0 aliphatic carbocycles. The molecule has 0 aromatic heterocycles. The molecule has 28 heavy (non-hydrogen) atoms. The molecule has 0 spiro atoms. The van der Waals surface area contributed by atoms with E-state index >= 15 is 0 Å². The minimum Gasteiger partial charge on any atom is -0.481 e. The van der Waals surface area contributed by atoms with E-state index in [0.29, 0.717) is 5.75 Å². The van der Waals surface area contributed by atoms with E-state index in [-0.39, 0.29) is 43.5 Å². The number of carbonyl (C=O) groups is 2. The number of amides is 2. The number of piperazine rings is 1. The predicted molar refractivity (Wildman–Crippen MR) is 99.9 cm³/mol. The second-order valence-electron chi connectivity index (χ2n) is 5.99. The molecule has 2 N–H and O–H groups in total. The lowest BCUT2D eigenvalue weighted by Crippen LogP contribution is -2.61. The summed E-state index contributed by atoms with van der Waals surface area (Å²) in [6, 6.07) is 4.53. The second kappa shape index (κ2) is 9.54. The number of benzene rings is 1. The van der Waals surface area contributed by atoms with Crippen molar-refractivity contribution in [2.45, 2.75) is 31.2 Å². The van der Waals surface area contributed by atoms with Gasteiger partial charge in [-0.15, -0.1) is 5.92 Å². The monoisotopic (exact) mass is 409 g/mol. The summed E-state index contributed by atoms with van der Waals surface area (Å²) < 4.78 is 32.4. The van der Waals surface area contributed by atoms with Crippen molar-refractivity contribution in [3.8, 4) is 17.6 Å². The Labute approximate surface area is 164 Å². The van der Waals surface area contributed by atoms with Crippen molar-refractivity contribution in [2.75, 3.05) is 26.2 Å². The molecular weight excluding hydrogens is 386 g/mol. The van der Waals surface area contributed by atoms with Gasteiger partial charge in [-0.25, -0.2) is 13.9 Å². The molecule has 1 aromatic carbocycles. The van der Waals surface area contributed by atoms with Crippen LogP contribution in [-0.2, 0) is 19.6 Å². The normalized spacial score (nSPS) is 17.4. The van der Waals surface area contributed by atoms with Gasteiger partial charge in [-0.2, -0.15) is 4.31 Å². The van der Waals surface area contributed by atoms with Gasteiger partial charge in [-0.3, -0.25) is 14.8 Å². The molecule has 2 amide bonds. The molecule has 1 unspecified atom stereocenters. The third-order valence-electron chi connectivity index (χ3n) is 4.32. The van der Waals surface area contributed by atoms with Gasteiger partial charge in [0.25, 0.3) is 5.91 Å². The smallest absolute Gasteiger partial charge is 0.263 e. The van der Waals surface area contributed by atoms with Crippen molar-refractivity contribution in [1.29, 1.82) is 0 Å². The number of hydrogen-bond donors (Lipinski definition) is 2. The summed E-state index contributed by atoms with van der Waals surface area (Å²) in [6.45, 7) is 3.53. The SMILES string of the molecule is CC#CCOc1ccc(S(=O)(=O)N2CCN(C(=O)CC)CC2C(=O)NO)cc1. The quantitative estimate of drug-likeness (QED) is 0.394. The maximum atomic E-state index is 13.0. The molecule has 1 aliphatic rings. The Balaban J connectivity index is 2.25. The summed E-state index contributed by atoms with van der Waals surface area (Å²) in [6.07, 6.45) is 0.240. The van der Waals surface area contributed by atoms with Crippen LogP contribution in [0.3, 0.4) is 0 Å². The Kier molecular flexibility index (Phi) is 7.39. The zero-order valence-electron chi connectivity index (χ0n) is 15.7. The van der Waals surface area contributed by atoms with Crippen LogP contribution in [0.25, 0.3) is 0 Å². The number of carbonyl (C=O) groups excluding carboxylic acids is 2. The van der Waals surface area contributed by atoms with Gasteiger partial charge in [0.2, 0.25) is 15.9 Å². The number of hydrogen-bond acceptors (Lipinski definition) is 6. The number of nitrogens with one attached hydrogen (secondary N) is 1. The fourth-order valence-electron chi connectivity index (χ4n) is 2.83. The summed E-state index contributed by atoms with van der Waals surface area (Å²) >= 11 is 0. The highest BCUT2D eigenvalue weighted by Crippen LogP contribution is 2.24. The van der Waals surface area contributed by atoms with E-state index < -0.39 is 22.0 Å². The van der Waals surface area contributed by atoms with Crippen LogP contribution in [0.1, 0.15) is 20.3 Å². The van der Waals surface area contributed by atoms with Crippen molar-refractivity contribution < 1.29 is 28.0 Å². The molecule has 1 aliphatic heterocycles. The van der Waals surface area contributed by atoms with Crippen LogP contribution in [-0.4, -0.2) is 66.9 Å². The van der Waals surface area contributed by atoms with Crippen LogP contribution in [0.5, 0.6) is 5.75 Å². The van der Waals surface area contributed by atoms with Crippen LogP contribution >= 0.6 is 0 Å². The Bertz CT molecular complexity index is 873. The topological polar surface area (TPSA) is 116 Å². The average Bonchev–Trinajstić information content (AvgIpc) is 2.72. The maximum Gasteiger partial charge on any atom is 0.263 e. The Morgan fingerprint density at radius 2 is 1.96 bits per heavy atom. The fraction of sp³-hybridized carbons (Fsp3) is 0.444. The largest absolute Gasteiger partial charge is 0.481 e. The minimum absolute atomic E-state index is 0.0209. The number of sulfonamides is 1. The van der Waals surface area contributed by atoms with Gasteiger partial charge in [0.1, 0.15) is 18.4 Å². The highest BCUT2D eigenvalue weighted by atomic mass is 32.2. The number of nitrogens with zero attached hydrogens (tertiary/aromatic N) is 2. The highest BCUT2D eigenvalue weighted by molar-refractivity contribution is 7.89. The molecule has 1 aromatic rings. The minimum atomic E-state index is -4.02. The molecular formula is C18H23N3O6S. The summed E-state index contributed by atoms with van der Waals surface area (Å²) in [5.74, 6) is 4.81. The van der Waals surface area contributed by atoms with Gasteiger partial charge in [0.05, 0.1) is 4.90 Å². The third kappa shape index (κ3) is 4.81. The standard InChI is InChI=1S/C18H23N3O6S/c1-3-5-12-27-14-6-8-15(9-7-14)28(25,26)21-11-10-20(17(22)4-2)13-16(21)18(23)19-24/h6-9,16,24H,4,10-13H2,1-2H3,(H,19,23). The van der Waals surface area contributed by atoms with E-state index in [1.165, 1.54) is 34.6 Å². The Morgan fingerprint density at radius 1 is 1.29 bits per heavy atom. The molecule has 1 saturated heterocycles. The fourth-order valence-corrected chi connectivity index (χ4v) is 4.40. The van der Waals surface area contributed by atoms with E-state index in [4.69, 9.17) is 9.94 Å². The predicted octanol–water partition coefficient (Wildman–Crippen LogP) is 0.206. The van der Waals surface area contributed by atoms with E-state index in [9.17, 15) is 18.0 Å². The molecule has 9 nitrogen and oxygen atoms in total. The van der Waals surface area contributed by atoms with Crippen molar-refractivity contribution in [3.05, 3.63) is 24.3 Å². The molecule has 1 heterocycles. The zero-order valence-corrected chi connectivity index (χ0v) is 16.5. The molecule has 0 saturated carbocycles. The van der Waals surface area contributed by atoms with Gasteiger partial charge in [0, 0.05) is 26.1 Å². The summed E-state index contributed by atoms with van der Waals surface area (Å²) in [5, 5.41) is 9.01. The molecule has 0 bridgehead atoms. The van der Waals surface area contributed by atoms with Crippen molar-refractivity contribution in [2.24, 2.45) is 0 Å². The average molecular weight is 409 g/mol. The van der Waals surface area contributed by atoms with Gasteiger partial charge in [-0.1, -0.05) is 12.8 Å². The lowest BCUT2D eigenvalue weighted by atomic mass is 10.2. The molecule has 1 fully saturated rings. The van der Waals surface area contributed by atoms with E-state index in [0.717, 1.165) is 4.31 Å². The maximum absolute atomic E-state index is 13.0. The van der Waals surface area contributed by atoms with Crippen molar-refractivity contribution in [1.82, 2.24) is 14.7 Å². The van der Waals surface area contributed by atoms with Crippen LogP contribution in [0.4, 0.5) is 0 Å². The van der Waals surface area contributed by atoms with Crippen molar-refractivity contribution in [3.63, 3.8) is 0 Å².